The number of thioether (sulfide) groups is 1. The molecule has 5 nitrogen and oxygen atoms in total. The van der Waals surface area contributed by atoms with Gasteiger partial charge in [0.05, 0.1) is 17.7 Å². The van der Waals surface area contributed by atoms with Gasteiger partial charge in [-0.25, -0.2) is 4.98 Å². The van der Waals surface area contributed by atoms with Crippen LogP contribution in [0.3, 0.4) is 0 Å². The minimum absolute atomic E-state index is 0.0528. The molecule has 108 valence electrons. The van der Waals surface area contributed by atoms with Crippen molar-refractivity contribution < 1.29 is 9.90 Å². The highest BCUT2D eigenvalue weighted by molar-refractivity contribution is 8.26. The zero-order valence-electron chi connectivity index (χ0n) is 11.2. The van der Waals surface area contributed by atoms with E-state index >= 15 is 0 Å². The second-order valence-corrected chi connectivity index (χ2v) is 6.82. The molecule has 0 unspecified atom stereocenters. The third kappa shape index (κ3) is 3.20. The number of thiazole rings is 1. The zero-order chi connectivity index (χ0) is 14.7. The lowest BCUT2D eigenvalue weighted by Crippen LogP contribution is -2.27. The summed E-state index contributed by atoms with van der Waals surface area (Å²) in [6.07, 6.45) is 3.52. The third-order valence-electron chi connectivity index (χ3n) is 2.77. The molecule has 8 heteroatoms. The van der Waals surface area contributed by atoms with Crippen molar-refractivity contribution in [3.8, 4) is 0 Å². The second kappa shape index (κ2) is 6.66. The van der Waals surface area contributed by atoms with Gasteiger partial charge in [-0.3, -0.25) is 9.69 Å². The van der Waals surface area contributed by atoms with Crippen molar-refractivity contribution in [3.05, 3.63) is 16.1 Å². The van der Waals surface area contributed by atoms with Crippen molar-refractivity contribution >= 4 is 56.6 Å². The number of hydrogen-bond acceptors (Lipinski definition) is 7. The number of aliphatic hydroxyl groups is 1. The van der Waals surface area contributed by atoms with Crippen LogP contribution in [-0.2, 0) is 4.79 Å². The van der Waals surface area contributed by atoms with Crippen LogP contribution < -0.4 is 4.90 Å². The van der Waals surface area contributed by atoms with Crippen molar-refractivity contribution in [1.29, 1.82) is 0 Å². The van der Waals surface area contributed by atoms with Gasteiger partial charge >= 0.3 is 0 Å². The van der Waals surface area contributed by atoms with E-state index in [1.54, 1.807) is 17.2 Å². The summed E-state index contributed by atoms with van der Waals surface area (Å²) in [5.74, 6) is -0.0528. The number of likely N-dealkylation sites (N-methyl/N-ethyl adjacent to an activating group) is 2. The molecule has 1 aromatic rings. The van der Waals surface area contributed by atoms with Crippen LogP contribution >= 0.6 is 35.3 Å². The molecule has 0 saturated carbocycles. The molecule has 0 aliphatic carbocycles. The SMILES string of the molecule is CCN1C(=O)/C(=C/c2ncc(N(C)CCO)s2)SC1=S. The molecule has 1 N–H and O–H groups in total. The van der Waals surface area contributed by atoms with Gasteiger partial charge in [-0.05, 0) is 13.0 Å². The molecular weight excluding hydrogens is 314 g/mol. The molecule has 0 spiro atoms. The van der Waals surface area contributed by atoms with Crippen LogP contribution in [0.5, 0.6) is 0 Å². The minimum Gasteiger partial charge on any atom is -0.395 e. The molecule has 0 bridgehead atoms. The fourth-order valence-corrected chi connectivity index (χ4v) is 3.95. The maximum Gasteiger partial charge on any atom is 0.266 e. The predicted molar refractivity (Wildman–Crippen MR) is 88.0 cm³/mol. The molecule has 1 fully saturated rings. The molecule has 0 aromatic carbocycles. The van der Waals surface area contributed by atoms with E-state index in [0.717, 1.165) is 10.0 Å². The summed E-state index contributed by atoms with van der Waals surface area (Å²) in [5, 5.41) is 10.6. The zero-order valence-corrected chi connectivity index (χ0v) is 13.6. The van der Waals surface area contributed by atoms with Gasteiger partial charge in [0.25, 0.3) is 5.91 Å². The Balaban J connectivity index is 2.16. The number of carbonyl (C=O) groups excluding carboxylic acids is 1. The Bertz CT molecular complexity index is 556. The number of rotatable bonds is 5. The maximum absolute atomic E-state index is 12.1. The summed E-state index contributed by atoms with van der Waals surface area (Å²) in [5.41, 5.74) is 0. The van der Waals surface area contributed by atoms with Gasteiger partial charge in [-0.15, -0.1) is 0 Å². The average molecular weight is 329 g/mol. The Kier molecular flexibility index (Phi) is 5.14. The van der Waals surface area contributed by atoms with Crippen molar-refractivity contribution in [1.82, 2.24) is 9.88 Å². The molecule has 20 heavy (non-hydrogen) atoms. The summed E-state index contributed by atoms with van der Waals surface area (Å²) in [4.78, 5) is 20.5. The first kappa shape index (κ1) is 15.4. The number of aliphatic hydroxyl groups excluding tert-OH is 1. The van der Waals surface area contributed by atoms with E-state index in [2.05, 4.69) is 4.98 Å². The first-order valence-electron chi connectivity index (χ1n) is 6.10. The van der Waals surface area contributed by atoms with Crippen LogP contribution in [0.1, 0.15) is 11.9 Å². The number of carbonyl (C=O) groups is 1. The summed E-state index contributed by atoms with van der Waals surface area (Å²) >= 11 is 7.96. The number of aromatic nitrogens is 1. The van der Waals surface area contributed by atoms with E-state index in [9.17, 15) is 4.79 Å². The van der Waals surface area contributed by atoms with E-state index in [4.69, 9.17) is 17.3 Å². The highest BCUT2D eigenvalue weighted by Gasteiger charge is 2.30. The number of amides is 1. The van der Waals surface area contributed by atoms with Gasteiger partial charge in [0, 0.05) is 20.1 Å². The van der Waals surface area contributed by atoms with E-state index in [-0.39, 0.29) is 12.5 Å². The number of anilines is 1. The lowest BCUT2D eigenvalue weighted by molar-refractivity contribution is -0.121. The van der Waals surface area contributed by atoms with Gasteiger partial charge in [0.1, 0.15) is 14.3 Å². The average Bonchev–Trinajstić information content (AvgIpc) is 2.97. The topological polar surface area (TPSA) is 56.7 Å². The summed E-state index contributed by atoms with van der Waals surface area (Å²) in [7, 11) is 1.89. The Labute approximate surface area is 131 Å². The first-order chi connectivity index (χ1) is 9.56. The molecule has 2 rings (SSSR count). The molecule has 1 aliphatic rings. The Hall–Kier alpha value is -0.960. The van der Waals surface area contributed by atoms with E-state index < -0.39 is 0 Å². The largest absolute Gasteiger partial charge is 0.395 e. The summed E-state index contributed by atoms with van der Waals surface area (Å²) < 4.78 is 0.595. The van der Waals surface area contributed by atoms with E-state index in [1.165, 1.54) is 23.1 Å². The van der Waals surface area contributed by atoms with E-state index in [0.29, 0.717) is 22.3 Å². The fraction of sp³-hybridized carbons (Fsp3) is 0.417. The number of nitrogens with zero attached hydrogens (tertiary/aromatic N) is 3. The van der Waals surface area contributed by atoms with Crippen LogP contribution in [0.4, 0.5) is 5.00 Å². The number of hydrogen-bond donors (Lipinski definition) is 1. The smallest absolute Gasteiger partial charge is 0.266 e. The Morgan fingerprint density at radius 1 is 1.60 bits per heavy atom. The Morgan fingerprint density at radius 2 is 2.35 bits per heavy atom. The molecule has 0 radical (unpaired) electrons. The predicted octanol–water partition coefficient (Wildman–Crippen LogP) is 1.79. The fourth-order valence-electron chi connectivity index (χ4n) is 1.67. The highest BCUT2D eigenvalue weighted by atomic mass is 32.2. The minimum atomic E-state index is -0.0528. The van der Waals surface area contributed by atoms with Crippen LogP contribution in [0.15, 0.2) is 11.1 Å². The highest BCUT2D eigenvalue weighted by Crippen LogP contribution is 2.33. The molecule has 2 heterocycles. The van der Waals surface area contributed by atoms with Crippen molar-refractivity contribution in [2.45, 2.75) is 6.92 Å². The van der Waals surface area contributed by atoms with Crippen LogP contribution in [0.2, 0.25) is 0 Å². The standard InChI is InChI=1S/C12H15N3O2S3/c1-3-15-11(17)8(19-12(15)18)6-9-13-7-10(20-9)14(2)4-5-16/h6-7,16H,3-5H2,1-2H3/b8-6-. The van der Waals surface area contributed by atoms with Gasteiger partial charge in [-0.2, -0.15) is 0 Å². The maximum atomic E-state index is 12.1. The van der Waals surface area contributed by atoms with E-state index in [1.807, 2.05) is 18.9 Å². The first-order valence-corrected chi connectivity index (χ1v) is 8.14. The van der Waals surface area contributed by atoms with Gasteiger partial charge in [0.2, 0.25) is 0 Å². The summed E-state index contributed by atoms with van der Waals surface area (Å²) in [6.45, 7) is 3.14. The van der Waals surface area contributed by atoms with Gasteiger partial charge < -0.3 is 10.0 Å². The van der Waals surface area contributed by atoms with Crippen LogP contribution in [-0.4, -0.2) is 52.0 Å². The molecular formula is C12H15N3O2S3. The lowest BCUT2D eigenvalue weighted by atomic mass is 10.4. The van der Waals surface area contributed by atoms with Crippen molar-refractivity contribution in [2.24, 2.45) is 0 Å². The molecule has 1 aliphatic heterocycles. The van der Waals surface area contributed by atoms with Gasteiger partial charge in [0.15, 0.2) is 0 Å². The Morgan fingerprint density at radius 3 is 2.95 bits per heavy atom. The van der Waals surface area contributed by atoms with Crippen LogP contribution in [0, 0.1) is 0 Å². The molecule has 1 amide bonds. The van der Waals surface area contributed by atoms with Crippen LogP contribution in [0.25, 0.3) is 6.08 Å². The molecule has 1 aromatic heterocycles. The van der Waals surface area contributed by atoms with Crippen molar-refractivity contribution in [3.63, 3.8) is 0 Å². The third-order valence-corrected chi connectivity index (χ3v) is 5.20. The number of thiocarbonyl (C=S) groups is 1. The van der Waals surface area contributed by atoms with Gasteiger partial charge in [-0.1, -0.05) is 35.3 Å². The normalized spacial score (nSPS) is 17.4. The lowest BCUT2D eigenvalue weighted by Gasteiger charge is -2.13. The summed E-state index contributed by atoms with van der Waals surface area (Å²) in [6, 6.07) is 0. The molecule has 0 atom stereocenters. The van der Waals surface area contributed by atoms with Crippen molar-refractivity contribution in [2.75, 3.05) is 31.6 Å². The monoisotopic (exact) mass is 329 g/mol. The quantitative estimate of drug-likeness (QED) is 0.657. The second-order valence-electron chi connectivity index (χ2n) is 4.11. The molecule has 1 saturated heterocycles.